The van der Waals surface area contributed by atoms with Gasteiger partial charge in [0, 0.05) is 12.4 Å². The van der Waals surface area contributed by atoms with E-state index in [1.807, 2.05) is 12.4 Å². The summed E-state index contributed by atoms with van der Waals surface area (Å²) in [6.07, 6.45) is 10.2. The van der Waals surface area contributed by atoms with Gasteiger partial charge in [0.1, 0.15) is 0 Å². The van der Waals surface area contributed by atoms with Crippen molar-refractivity contribution < 1.29 is 0 Å². The van der Waals surface area contributed by atoms with Gasteiger partial charge in [-0.1, -0.05) is 26.2 Å². The van der Waals surface area contributed by atoms with Crippen LogP contribution in [0.1, 0.15) is 38.2 Å². The third-order valence-electron chi connectivity index (χ3n) is 2.55. The number of unbranched alkanes of at least 4 members (excludes halogenated alkanes) is 3. The van der Waals surface area contributed by atoms with Crippen molar-refractivity contribution in [2.75, 3.05) is 13.1 Å². The molecule has 0 amide bonds. The molecule has 0 spiro atoms. The summed E-state index contributed by atoms with van der Waals surface area (Å²) in [6, 6.07) is 4.16. The molecule has 1 N–H and O–H groups in total. The lowest BCUT2D eigenvalue weighted by Crippen LogP contribution is -2.18. The van der Waals surface area contributed by atoms with Crippen LogP contribution in [0, 0.1) is 0 Å². The maximum Gasteiger partial charge on any atom is 0.0270 e. The predicted molar refractivity (Wildman–Crippen MR) is 65.0 cm³/mol. The van der Waals surface area contributed by atoms with Crippen LogP contribution in [0.2, 0.25) is 0 Å². The second-order valence-corrected chi connectivity index (χ2v) is 3.92. The van der Waals surface area contributed by atoms with E-state index in [0.29, 0.717) is 0 Å². The Hall–Kier alpha value is -0.890. The van der Waals surface area contributed by atoms with E-state index < -0.39 is 0 Å². The smallest absolute Gasteiger partial charge is 0.0270 e. The number of nitrogens with one attached hydrogen (secondary N) is 1. The minimum atomic E-state index is 1.08. The molecule has 0 unspecified atom stereocenters. The van der Waals surface area contributed by atoms with E-state index in [1.54, 1.807) is 0 Å². The van der Waals surface area contributed by atoms with Gasteiger partial charge >= 0.3 is 0 Å². The Morgan fingerprint density at radius 2 is 1.87 bits per heavy atom. The van der Waals surface area contributed by atoms with Gasteiger partial charge in [-0.15, -0.1) is 0 Å². The van der Waals surface area contributed by atoms with E-state index >= 15 is 0 Å². The summed E-state index contributed by atoms with van der Waals surface area (Å²) in [5.74, 6) is 0. The second kappa shape index (κ2) is 8.42. The Bertz CT molecular complexity index is 234. The lowest BCUT2D eigenvalue weighted by molar-refractivity contribution is 0.598. The van der Waals surface area contributed by atoms with E-state index in [2.05, 4.69) is 29.4 Å². The molecule has 0 aromatic carbocycles. The molecule has 1 rings (SSSR count). The van der Waals surface area contributed by atoms with Crippen LogP contribution in [0.3, 0.4) is 0 Å². The maximum absolute atomic E-state index is 4.00. The van der Waals surface area contributed by atoms with Gasteiger partial charge in [-0.3, -0.25) is 4.98 Å². The van der Waals surface area contributed by atoms with Gasteiger partial charge in [-0.25, -0.2) is 0 Å². The van der Waals surface area contributed by atoms with Gasteiger partial charge in [0.05, 0.1) is 0 Å². The topological polar surface area (TPSA) is 24.9 Å². The molecule has 0 radical (unpaired) electrons. The normalized spacial score (nSPS) is 10.5. The van der Waals surface area contributed by atoms with Gasteiger partial charge < -0.3 is 5.32 Å². The van der Waals surface area contributed by atoms with Gasteiger partial charge in [-0.05, 0) is 43.6 Å². The zero-order chi connectivity index (χ0) is 10.8. The Morgan fingerprint density at radius 1 is 1.07 bits per heavy atom. The van der Waals surface area contributed by atoms with E-state index in [0.717, 1.165) is 19.5 Å². The monoisotopic (exact) mass is 206 g/mol. The first kappa shape index (κ1) is 12.2. The maximum atomic E-state index is 4.00. The molecule has 2 nitrogen and oxygen atoms in total. The lowest BCUT2D eigenvalue weighted by Gasteiger charge is -2.04. The number of pyridine rings is 1. The molecule has 0 atom stereocenters. The number of aromatic nitrogens is 1. The fourth-order valence-corrected chi connectivity index (χ4v) is 1.58. The molecule has 84 valence electrons. The minimum Gasteiger partial charge on any atom is -0.316 e. The average Bonchev–Trinajstić information content (AvgIpc) is 2.29. The molecule has 1 aromatic rings. The van der Waals surface area contributed by atoms with Crippen LogP contribution >= 0.6 is 0 Å². The fourth-order valence-electron chi connectivity index (χ4n) is 1.58. The zero-order valence-electron chi connectivity index (χ0n) is 9.71. The number of nitrogens with zero attached hydrogens (tertiary/aromatic N) is 1. The molecule has 0 saturated carbocycles. The first-order valence-corrected chi connectivity index (χ1v) is 6.03. The highest BCUT2D eigenvalue weighted by Gasteiger charge is 1.91. The van der Waals surface area contributed by atoms with Crippen LogP contribution in [0.5, 0.6) is 0 Å². The summed E-state index contributed by atoms with van der Waals surface area (Å²) in [6.45, 7) is 4.48. The van der Waals surface area contributed by atoms with Crippen molar-refractivity contribution in [2.24, 2.45) is 0 Å². The standard InChI is InChI=1S/C13H22N2/c1-2-3-4-5-9-14-10-6-13-7-11-15-12-8-13/h7-8,11-12,14H,2-6,9-10H2,1H3. The summed E-state index contributed by atoms with van der Waals surface area (Å²) < 4.78 is 0. The SMILES string of the molecule is CCCCCCNCCc1ccncc1. The van der Waals surface area contributed by atoms with Crippen LogP contribution < -0.4 is 5.32 Å². The summed E-state index contributed by atoms with van der Waals surface area (Å²) in [5, 5.41) is 3.47. The van der Waals surface area contributed by atoms with Crippen LogP contribution in [0.25, 0.3) is 0 Å². The van der Waals surface area contributed by atoms with Gasteiger partial charge in [0.15, 0.2) is 0 Å². The molecule has 1 heterocycles. The van der Waals surface area contributed by atoms with E-state index in [9.17, 15) is 0 Å². The lowest BCUT2D eigenvalue weighted by atomic mass is 10.2. The van der Waals surface area contributed by atoms with Gasteiger partial charge in [0.25, 0.3) is 0 Å². The van der Waals surface area contributed by atoms with Crippen molar-refractivity contribution in [1.29, 1.82) is 0 Å². The fraction of sp³-hybridized carbons (Fsp3) is 0.615. The Labute approximate surface area is 93.1 Å². The van der Waals surface area contributed by atoms with Crippen molar-refractivity contribution >= 4 is 0 Å². The first-order valence-electron chi connectivity index (χ1n) is 6.03. The van der Waals surface area contributed by atoms with Crippen molar-refractivity contribution in [1.82, 2.24) is 10.3 Å². The zero-order valence-corrected chi connectivity index (χ0v) is 9.71. The summed E-state index contributed by atoms with van der Waals surface area (Å²) in [4.78, 5) is 4.00. The van der Waals surface area contributed by atoms with Crippen LogP contribution in [0.4, 0.5) is 0 Å². The minimum absolute atomic E-state index is 1.08. The van der Waals surface area contributed by atoms with Gasteiger partial charge in [0.2, 0.25) is 0 Å². The quantitative estimate of drug-likeness (QED) is 0.662. The highest BCUT2D eigenvalue weighted by Crippen LogP contribution is 1.98. The molecule has 0 aliphatic heterocycles. The number of rotatable bonds is 8. The highest BCUT2D eigenvalue weighted by molar-refractivity contribution is 5.09. The van der Waals surface area contributed by atoms with Crippen molar-refractivity contribution in [3.8, 4) is 0 Å². The molecule has 0 fully saturated rings. The summed E-state index contributed by atoms with van der Waals surface area (Å²) >= 11 is 0. The Kier molecular flexibility index (Phi) is 6.84. The third kappa shape index (κ3) is 6.24. The van der Waals surface area contributed by atoms with Crippen LogP contribution in [-0.2, 0) is 6.42 Å². The van der Waals surface area contributed by atoms with Gasteiger partial charge in [-0.2, -0.15) is 0 Å². The molecule has 15 heavy (non-hydrogen) atoms. The largest absolute Gasteiger partial charge is 0.316 e. The van der Waals surface area contributed by atoms with E-state index in [4.69, 9.17) is 0 Å². The van der Waals surface area contributed by atoms with E-state index in [1.165, 1.54) is 31.2 Å². The molecule has 2 heteroatoms. The van der Waals surface area contributed by atoms with Crippen molar-refractivity contribution in [2.45, 2.75) is 39.0 Å². The summed E-state index contributed by atoms with van der Waals surface area (Å²) in [7, 11) is 0. The van der Waals surface area contributed by atoms with Crippen LogP contribution in [0.15, 0.2) is 24.5 Å². The number of hydrogen-bond donors (Lipinski definition) is 1. The van der Waals surface area contributed by atoms with Crippen molar-refractivity contribution in [3.63, 3.8) is 0 Å². The Morgan fingerprint density at radius 3 is 2.60 bits per heavy atom. The molecular weight excluding hydrogens is 184 g/mol. The molecule has 1 aromatic heterocycles. The second-order valence-electron chi connectivity index (χ2n) is 3.92. The third-order valence-corrected chi connectivity index (χ3v) is 2.55. The predicted octanol–water partition coefficient (Wildman–Crippen LogP) is 2.79. The van der Waals surface area contributed by atoms with E-state index in [-0.39, 0.29) is 0 Å². The molecule has 0 bridgehead atoms. The van der Waals surface area contributed by atoms with Crippen molar-refractivity contribution in [3.05, 3.63) is 30.1 Å². The average molecular weight is 206 g/mol. The van der Waals surface area contributed by atoms with Crippen LogP contribution in [-0.4, -0.2) is 18.1 Å². The highest BCUT2D eigenvalue weighted by atomic mass is 14.8. The first-order chi connectivity index (χ1) is 7.43. The molecule has 0 aliphatic carbocycles. The molecule has 0 saturated heterocycles. The molecular formula is C13H22N2. The molecule has 0 aliphatic rings. The number of hydrogen-bond acceptors (Lipinski definition) is 2. The Balaban J connectivity index is 1.93. The summed E-state index contributed by atoms with van der Waals surface area (Å²) in [5.41, 5.74) is 1.37.